The summed E-state index contributed by atoms with van der Waals surface area (Å²) in [6.45, 7) is -2.98. The lowest BCUT2D eigenvalue weighted by Crippen LogP contribution is -1.94. The van der Waals surface area contributed by atoms with Crippen LogP contribution in [-0.4, -0.2) is 9.97 Å². The normalized spacial score (nSPS) is 23.8. The van der Waals surface area contributed by atoms with Gasteiger partial charge in [-0.3, -0.25) is 4.98 Å². The maximum atomic E-state index is 7.39. The summed E-state index contributed by atoms with van der Waals surface area (Å²) in [5, 5.41) is 0. The van der Waals surface area contributed by atoms with Crippen LogP contribution in [0.2, 0.25) is 0 Å². The van der Waals surface area contributed by atoms with Gasteiger partial charge in [0, 0.05) is 13.0 Å². The van der Waals surface area contributed by atoms with E-state index in [9.17, 15) is 0 Å². The highest BCUT2D eigenvalue weighted by atomic mass is 14.9. The molecule has 0 radical (unpaired) electrons. The summed E-state index contributed by atoms with van der Waals surface area (Å²) in [7, 11) is 0. The van der Waals surface area contributed by atoms with E-state index in [1.54, 1.807) is 0 Å². The van der Waals surface area contributed by atoms with Crippen molar-refractivity contribution in [1.82, 2.24) is 9.97 Å². The lowest BCUT2D eigenvalue weighted by molar-refractivity contribution is 1.01. The first-order valence-corrected chi connectivity index (χ1v) is 2.18. The van der Waals surface area contributed by atoms with E-state index in [-0.39, 0.29) is 0 Å². The second-order valence-electron chi connectivity index (χ2n) is 1.31. The van der Waals surface area contributed by atoms with E-state index >= 15 is 0 Å². The Hall–Kier alpha value is -1.12. The molecular weight excluding hydrogens is 114 g/mol. The largest absolute Gasteiger partial charge is 0.382 e. The molecule has 0 aliphatic carbocycles. The molecule has 3 heteroatoms. The van der Waals surface area contributed by atoms with E-state index in [4.69, 9.17) is 15.3 Å². The molecular formula is C6H9N3. The van der Waals surface area contributed by atoms with Crippen molar-refractivity contribution in [1.29, 1.82) is 0 Å². The van der Waals surface area contributed by atoms with Gasteiger partial charge in [-0.1, -0.05) is 6.85 Å². The van der Waals surface area contributed by atoms with Crippen molar-refractivity contribution in [3.8, 4) is 0 Å². The van der Waals surface area contributed by atoms with Gasteiger partial charge >= 0.3 is 0 Å². The Morgan fingerprint density at radius 3 is 3.67 bits per heavy atom. The molecule has 1 aromatic heterocycles. The summed E-state index contributed by atoms with van der Waals surface area (Å²) < 4.78 is 50.3. The van der Waals surface area contributed by atoms with Gasteiger partial charge in [0.15, 0.2) is 0 Å². The first-order chi connectivity index (χ1) is 7.07. The van der Waals surface area contributed by atoms with Gasteiger partial charge in [-0.05, 0) is 6.37 Å². The first-order valence-electron chi connectivity index (χ1n) is 5.68. The van der Waals surface area contributed by atoms with Crippen LogP contribution in [0.3, 0.4) is 0 Å². The third kappa shape index (κ3) is 1.38. The third-order valence-corrected chi connectivity index (χ3v) is 0.683. The zero-order valence-corrected chi connectivity index (χ0v) is 4.47. The van der Waals surface area contributed by atoms with Crippen molar-refractivity contribution in [3.05, 3.63) is 18.0 Å². The van der Waals surface area contributed by atoms with Crippen LogP contribution in [0.5, 0.6) is 0 Å². The van der Waals surface area contributed by atoms with Gasteiger partial charge in [0.25, 0.3) is 0 Å². The van der Waals surface area contributed by atoms with Gasteiger partial charge in [0.1, 0.15) is 5.82 Å². The summed E-state index contributed by atoms with van der Waals surface area (Å²) in [6.07, 6.45) is -3.99. The maximum Gasteiger partial charge on any atom is 0.142 e. The van der Waals surface area contributed by atoms with Gasteiger partial charge in [0.2, 0.25) is 0 Å². The molecule has 2 N–H and O–H groups in total. The summed E-state index contributed by atoms with van der Waals surface area (Å²) in [4.78, 5) is 6.72. The van der Waals surface area contributed by atoms with Crippen LogP contribution in [0.15, 0.2) is 12.3 Å². The molecule has 9 heavy (non-hydrogen) atoms. The number of anilines is 1. The van der Waals surface area contributed by atoms with Crippen LogP contribution < -0.4 is 5.73 Å². The number of aromatic nitrogens is 2. The predicted octanol–water partition coefficient (Wildman–Crippen LogP) is 0.621. The van der Waals surface area contributed by atoms with E-state index < -0.39 is 37.1 Å². The minimum atomic E-state index is -2.98. The Labute approximate surface area is 63.8 Å². The molecule has 0 unspecified atom stereocenters. The van der Waals surface area contributed by atoms with Crippen LogP contribution in [0.4, 0.5) is 5.82 Å². The number of rotatable bonds is 1. The van der Waals surface area contributed by atoms with Gasteiger partial charge in [-0.25, -0.2) is 4.98 Å². The lowest BCUT2D eigenvalue weighted by atomic mass is 10.4. The van der Waals surface area contributed by atoms with E-state index in [0.29, 0.717) is 0 Å². The van der Waals surface area contributed by atoms with Crippen LogP contribution in [0.25, 0.3) is 0 Å². The molecule has 0 aliphatic rings. The Bertz CT molecular complexity index is 413. The monoisotopic (exact) mass is 130 g/mol. The highest BCUT2D eigenvalue weighted by Gasteiger charge is 1.89. The Morgan fingerprint density at radius 2 is 2.89 bits per heavy atom. The molecule has 0 aromatic carbocycles. The molecule has 1 rings (SSSR count). The summed E-state index contributed by atoms with van der Waals surface area (Å²) in [6, 6.07) is 0. The average Bonchev–Trinajstić information content (AvgIpc) is 2.09. The van der Waals surface area contributed by atoms with Crippen molar-refractivity contribution < 1.29 is 9.60 Å². The number of nitrogens with zero attached hydrogens (tertiary/aromatic N) is 2. The topological polar surface area (TPSA) is 51.8 Å². The highest BCUT2D eigenvalue weighted by Crippen LogP contribution is 1.96. The van der Waals surface area contributed by atoms with Crippen molar-refractivity contribution in [3.63, 3.8) is 0 Å². The summed E-state index contributed by atoms with van der Waals surface area (Å²) in [5.74, 6) is -0.404. The molecule has 0 aliphatic heterocycles. The standard InChI is InChI=1S/C6H9N3/c1-2-5-3-8-4-6(7)9-5/h3-4H,2H2,1H3,(H2,7,9)/i1D3,2D2,3D,4D. The molecule has 0 amide bonds. The van der Waals surface area contributed by atoms with E-state index in [1.165, 1.54) is 0 Å². The summed E-state index contributed by atoms with van der Waals surface area (Å²) >= 11 is 0. The fraction of sp³-hybridized carbons (Fsp3) is 0.333. The average molecular weight is 130 g/mol. The lowest BCUT2D eigenvalue weighted by Gasteiger charge is -1.93. The second-order valence-corrected chi connectivity index (χ2v) is 1.31. The number of nitrogens with two attached hydrogens (primary N) is 1. The molecule has 48 valence electrons. The van der Waals surface area contributed by atoms with Crippen LogP contribution >= 0.6 is 0 Å². The maximum absolute atomic E-state index is 7.39. The Morgan fingerprint density at radius 1 is 2.00 bits per heavy atom. The fourth-order valence-corrected chi connectivity index (χ4v) is 0.365. The molecule has 0 atom stereocenters. The fourth-order valence-electron chi connectivity index (χ4n) is 0.365. The van der Waals surface area contributed by atoms with Crippen LogP contribution in [0, 0.1) is 0 Å². The second kappa shape index (κ2) is 2.44. The zero-order valence-electron chi connectivity index (χ0n) is 11.5. The Kier molecular flexibility index (Phi) is 0.456. The minimum absolute atomic E-state index is 0.404. The molecule has 3 nitrogen and oxygen atoms in total. The quantitative estimate of drug-likeness (QED) is 0.606. The van der Waals surface area contributed by atoms with Crippen molar-refractivity contribution >= 4 is 5.82 Å². The van der Waals surface area contributed by atoms with Crippen molar-refractivity contribution in [2.45, 2.75) is 13.2 Å². The molecule has 0 saturated heterocycles. The van der Waals surface area contributed by atoms with Crippen molar-refractivity contribution in [2.24, 2.45) is 0 Å². The third-order valence-electron chi connectivity index (χ3n) is 0.683. The molecule has 0 fully saturated rings. The van der Waals surface area contributed by atoms with Crippen LogP contribution in [0.1, 0.15) is 22.1 Å². The SMILES string of the molecule is [2H]c1nc([2H])c(C([2H])([2H])C([2H])([2H])[2H])nc1N. The molecule has 0 saturated carbocycles. The number of hydrogen-bond donors (Lipinski definition) is 1. The van der Waals surface area contributed by atoms with E-state index in [2.05, 4.69) is 9.97 Å². The van der Waals surface area contributed by atoms with Gasteiger partial charge in [-0.2, -0.15) is 0 Å². The van der Waals surface area contributed by atoms with Crippen molar-refractivity contribution in [2.75, 3.05) is 5.73 Å². The predicted molar refractivity (Wildman–Crippen MR) is 35.8 cm³/mol. The number of hydrogen-bond acceptors (Lipinski definition) is 3. The van der Waals surface area contributed by atoms with Gasteiger partial charge in [-0.15, -0.1) is 0 Å². The minimum Gasteiger partial charge on any atom is -0.382 e. The zero-order chi connectivity index (χ0) is 12.7. The molecule has 0 spiro atoms. The number of nitrogen functional groups attached to an aromatic ring is 1. The smallest absolute Gasteiger partial charge is 0.142 e. The van der Waals surface area contributed by atoms with Crippen LogP contribution in [-0.2, 0) is 6.37 Å². The Balaban J connectivity index is 3.39. The van der Waals surface area contributed by atoms with Gasteiger partial charge < -0.3 is 5.73 Å². The molecule has 1 heterocycles. The number of aryl methyl sites for hydroxylation is 1. The molecule has 0 bridgehead atoms. The molecule has 1 aromatic rings. The van der Waals surface area contributed by atoms with E-state index in [1.807, 2.05) is 0 Å². The van der Waals surface area contributed by atoms with E-state index in [0.717, 1.165) is 0 Å². The first kappa shape index (κ1) is 1.68. The van der Waals surface area contributed by atoms with Gasteiger partial charge in [0.05, 0.1) is 14.6 Å². The highest BCUT2D eigenvalue weighted by molar-refractivity contribution is 5.23. The summed E-state index contributed by atoms with van der Waals surface area (Å²) in [5.41, 5.74) is 4.56.